The van der Waals surface area contributed by atoms with E-state index in [0.29, 0.717) is 0 Å². The van der Waals surface area contributed by atoms with E-state index >= 15 is 0 Å². The van der Waals surface area contributed by atoms with Crippen molar-refractivity contribution in [3.8, 4) is 4.54 Å². The van der Waals surface area contributed by atoms with Crippen LogP contribution < -0.4 is 0 Å². The van der Waals surface area contributed by atoms with Crippen LogP contribution in [0.4, 0.5) is 0 Å². The van der Waals surface area contributed by atoms with Crippen molar-refractivity contribution >= 4 is 0 Å². The van der Waals surface area contributed by atoms with Crippen LogP contribution in [0.5, 0.6) is 0 Å². The quantitative estimate of drug-likeness (QED) is 0.611. The maximum atomic E-state index is 8.33. The van der Waals surface area contributed by atoms with E-state index in [1.54, 1.807) is 0 Å². The Hall–Kier alpha value is 0.152. The predicted octanol–water partition coefficient (Wildman–Crippen LogP) is 1.96. The van der Waals surface area contributed by atoms with Crippen molar-refractivity contribution in [3.63, 3.8) is 0 Å². The third-order valence-electron chi connectivity index (χ3n) is 0.640. The molecule has 45 valence electrons. The number of hydrogen-bond donors (Lipinski definition) is 0. The molecular weight excluding hydrogens is 180 g/mol. The van der Waals surface area contributed by atoms with Gasteiger partial charge in [0, 0.05) is 0 Å². The number of hydrogen-bond acceptors (Lipinski definition) is 1. The maximum absolute atomic E-state index is 8.33. The molecule has 0 aromatic carbocycles. The normalized spacial score (nSPS) is 10.1. The molecule has 0 aromatic heterocycles. The molecule has 2 heteroatoms. The molecule has 1 nitrogen and oxygen atoms in total. The Balaban J connectivity index is 3.23. The van der Waals surface area contributed by atoms with Gasteiger partial charge in [0.2, 0.25) is 0 Å². The molecule has 0 atom stereocenters. The van der Waals surface area contributed by atoms with Crippen LogP contribution in [-0.4, -0.2) is 0 Å². The predicted molar refractivity (Wildman–Crippen MR) is 26.6 cm³/mol. The Morgan fingerprint density at radius 1 is 1.43 bits per heavy atom. The molecule has 0 saturated carbocycles. The molecule has 7 heavy (non-hydrogen) atoms. The van der Waals surface area contributed by atoms with Gasteiger partial charge in [0.15, 0.2) is 0 Å². The van der Waals surface area contributed by atoms with E-state index in [4.69, 9.17) is 5.26 Å². The van der Waals surface area contributed by atoms with Crippen molar-refractivity contribution in [3.05, 3.63) is 0 Å². The average Bonchev–Trinajstić information content (AvgIpc) is 1.72. The summed E-state index contributed by atoms with van der Waals surface area (Å²) in [5, 5.41) is 8.33. The van der Waals surface area contributed by atoms with Gasteiger partial charge in [-0.15, -0.1) is 0 Å². The van der Waals surface area contributed by atoms with Crippen LogP contribution in [0.2, 0.25) is 9.79 Å². The minimum absolute atomic E-state index is 0.681. The molecule has 0 heterocycles. The molecule has 0 aromatic rings. The van der Waals surface area contributed by atoms with Crippen LogP contribution in [0.1, 0.15) is 13.8 Å². The first kappa shape index (κ1) is 7.15. The zero-order valence-corrected chi connectivity index (χ0v) is 6.23. The Morgan fingerprint density at radius 2 is 1.86 bits per heavy atom. The van der Waals surface area contributed by atoms with Crippen molar-refractivity contribution in [1.29, 1.82) is 5.26 Å². The van der Waals surface area contributed by atoms with Gasteiger partial charge in [0.25, 0.3) is 0 Å². The van der Waals surface area contributed by atoms with Crippen molar-refractivity contribution in [2.45, 2.75) is 23.6 Å². The van der Waals surface area contributed by atoms with Crippen molar-refractivity contribution in [1.82, 2.24) is 0 Å². The second-order valence-electron chi connectivity index (χ2n) is 0.900. The van der Waals surface area contributed by atoms with Gasteiger partial charge in [-0.05, 0) is 0 Å². The average molecular weight is 191 g/mol. The standard InChI is InChI=1S/2C2H5.CN.Pd/c3*1-2;/h2*1H2,2H3;;. The Morgan fingerprint density at radius 3 is 1.86 bits per heavy atom. The monoisotopic (exact) mass is 190 g/mol. The Bertz CT molecular complexity index is 70.6. The topological polar surface area (TPSA) is 23.8 Å². The van der Waals surface area contributed by atoms with Gasteiger partial charge >= 0.3 is 50.2 Å². The first-order valence-corrected chi connectivity index (χ1v) is 5.22. The van der Waals surface area contributed by atoms with Crippen LogP contribution in [0.3, 0.4) is 0 Å². The van der Waals surface area contributed by atoms with Crippen LogP contribution in [0.15, 0.2) is 0 Å². The zero-order valence-electron chi connectivity index (χ0n) is 4.68. The first-order valence-electron chi connectivity index (χ1n) is 2.24. The Labute approximate surface area is 50.6 Å². The number of nitrogens with zero attached hydrogens (tertiary/aromatic N) is 1. The SMILES string of the molecule is C[CH2][Pd]([C]#N)[CH2]C. The molecular formula is C5H10NPd. The van der Waals surface area contributed by atoms with Gasteiger partial charge in [0.1, 0.15) is 0 Å². The molecule has 0 radical (unpaired) electrons. The van der Waals surface area contributed by atoms with Crippen LogP contribution >= 0.6 is 0 Å². The summed E-state index contributed by atoms with van der Waals surface area (Å²) in [7, 11) is 0. The van der Waals surface area contributed by atoms with E-state index < -0.39 is 16.8 Å². The van der Waals surface area contributed by atoms with Crippen LogP contribution in [0.25, 0.3) is 0 Å². The van der Waals surface area contributed by atoms with E-state index in [1.165, 1.54) is 0 Å². The molecule has 0 rings (SSSR count). The summed E-state index contributed by atoms with van der Waals surface area (Å²) < 4.78 is 2.32. The second kappa shape index (κ2) is 4.31. The molecule has 0 spiro atoms. The Kier molecular flexibility index (Phi) is 4.41. The molecule has 0 bridgehead atoms. The van der Waals surface area contributed by atoms with Crippen molar-refractivity contribution in [2.75, 3.05) is 0 Å². The van der Waals surface area contributed by atoms with E-state index in [-0.39, 0.29) is 0 Å². The van der Waals surface area contributed by atoms with Gasteiger partial charge < -0.3 is 0 Å². The van der Waals surface area contributed by atoms with Gasteiger partial charge in [-0.3, -0.25) is 0 Å². The fourth-order valence-electron chi connectivity index (χ4n) is 0.258. The fraction of sp³-hybridized carbons (Fsp3) is 0.800. The van der Waals surface area contributed by atoms with Gasteiger partial charge in [-0.2, -0.15) is 0 Å². The molecule has 0 unspecified atom stereocenters. The zero-order chi connectivity index (χ0) is 5.70. The summed E-state index contributed by atoms with van der Waals surface area (Å²) in [4.78, 5) is 2.22. The summed E-state index contributed by atoms with van der Waals surface area (Å²) in [5.74, 6) is 0. The van der Waals surface area contributed by atoms with Crippen molar-refractivity contribution in [2.24, 2.45) is 0 Å². The van der Waals surface area contributed by atoms with E-state index in [2.05, 4.69) is 18.4 Å². The molecule has 0 aliphatic carbocycles. The molecule has 0 fully saturated rings. The van der Waals surface area contributed by atoms with E-state index in [1.807, 2.05) is 0 Å². The summed E-state index contributed by atoms with van der Waals surface area (Å²) in [6, 6.07) is 0. The summed E-state index contributed by atoms with van der Waals surface area (Å²) in [6.07, 6.45) is 0. The second-order valence-corrected chi connectivity index (χ2v) is 5.32. The molecule has 0 aliphatic rings. The fourth-order valence-corrected chi connectivity index (χ4v) is 1.53. The summed E-state index contributed by atoms with van der Waals surface area (Å²) in [6.45, 7) is 4.18. The van der Waals surface area contributed by atoms with Crippen molar-refractivity contribution < 1.29 is 16.8 Å². The molecule has 0 aliphatic heterocycles. The van der Waals surface area contributed by atoms with Crippen LogP contribution in [-0.2, 0) is 16.8 Å². The summed E-state index contributed by atoms with van der Waals surface area (Å²) in [5.41, 5.74) is 0. The van der Waals surface area contributed by atoms with Gasteiger partial charge in [0.05, 0.1) is 0 Å². The molecule has 0 N–H and O–H groups in total. The van der Waals surface area contributed by atoms with E-state index in [0.717, 1.165) is 9.79 Å². The third kappa shape index (κ3) is 2.80. The third-order valence-corrected chi connectivity index (χ3v) is 3.79. The van der Waals surface area contributed by atoms with Gasteiger partial charge in [-0.1, -0.05) is 0 Å². The van der Waals surface area contributed by atoms with Crippen LogP contribution in [0, 0.1) is 9.80 Å². The van der Waals surface area contributed by atoms with E-state index in [9.17, 15) is 0 Å². The summed E-state index contributed by atoms with van der Waals surface area (Å²) >= 11 is -0.681. The molecule has 0 amide bonds. The first-order chi connectivity index (χ1) is 3.35. The number of nitriles is 1. The number of rotatable bonds is 2. The minimum atomic E-state index is -0.681. The van der Waals surface area contributed by atoms with Gasteiger partial charge in [-0.25, -0.2) is 0 Å². The molecule has 0 saturated heterocycles.